The zero-order valence-electron chi connectivity index (χ0n) is 13.2. The molecule has 3 heteroatoms. The van der Waals surface area contributed by atoms with Gasteiger partial charge in [0.2, 0.25) is 0 Å². The Kier molecular flexibility index (Phi) is 4.40. The standard InChI is InChI=1S/C17H31NO2/c1-3-18-15(17(19-2)10-4-5-11-17)14-7-12-20-16(13-14)8-6-9-16/h14-15,18H,3-13H2,1-2H3. The lowest BCUT2D eigenvalue weighted by Gasteiger charge is -2.51. The molecule has 0 aromatic carbocycles. The topological polar surface area (TPSA) is 30.5 Å². The maximum absolute atomic E-state index is 6.12. The molecule has 1 saturated heterocycles. The minimum atomic E-state index is 0.0863. The minimum Gasteiger partial charge on any atom is -0.377 e. The Hall–Kier alpha value is -0.120. The summed E-state index contributed by atoms with van der Waals surface area (Å²) in [5.74, 6) is 0.724. The highest BCUT2D eigenvalue weighted by Crippen LogP contribution is 2.48. The third-order valence-corrected chi connectivity index (χ3v) is 6.11. The molecule has 2 atom stereocenters. The van der Waals surface area contributed by atoms with Crippen LogP contribution in [0.1, 0.15) is 64.7 Å². The number of hydrogen-bond donors (Lipinski definition) is 1. The lowest BCUT2D eigenvalue weighted by Crippen LogP contribution is -2.58. The molecule has 1 heterocycles. The zero-order chi connectivity index (χ0) is 14.1. The number of nitrogens with one attached hydrogen (secondary N) is 1. The number of hydrogen-bond acceptors (Lipinski definition) is 3. The van der Waals surface area contributed by atoms with Gasteiger partial charge in [-0.3, -0.25) is 0 Å². The van der Waals surface area contributed by atoms with Crippen LogP contribution in [-0.2, 0) is 9.47 Å². The highest BCUT2D eigenvalue weighted by molar-refractivity contribution is 5.04. The zero-order valence-corrected chi connectivity index (χ0v) is 13.2. The molecule has 1 N–H and O–H groups in total. The van der Waals surface area contributed by atoms with E-state index in [0.29, 0.717) is 6.04 Å². The Balaban J connectivity index is 1.75. The fourth-order valence-corrected chi connectivity index (χ4v) is 4.89. The Bertz CT molecular complexity index is 321. The van der Waals surface area contributed by atoms with Crippen LogP contribution < -0.4 is 5.32 Å². The van der Waals surface area contributed by atoms with E-state index in [-0.39, 0.29) is 11.2 Å². The average molecular weight is 281 g/mol. The molecular formula is C17H31NO2. The molecule has 0 aromatic rings. The van der Waals surface area contributed by atoms with Crippen LogP contribution in [0.2, 0.25) is 0 Å². The molecule has 3 rings (SSSR count). The molecule has 1 aliphatic heterocycles. The van der Waals surface area contributed by atoms with Crippen LogP contribution in [-0.4, -0.2) is 37.5 Å². The Labute approximate surface area is 123 Å². The van der Waals surface area contributed by atoms with Gasteiger partial charge in [0.15, 0.2) is 0 Å². The summed E-state index contributed by atoms with van der Waals surface area (Å²) in [6.07, 6.45) is 11.5. The van der Waals surface area contributed by atoms with Crippen LogP contribution in [0.4, 0.5) is 0 Å². The summed E-state index contributed by atoms with van der Waals surface area (Å²) in [6.45, 7) is 4.22. The van der Waals surface area contributed by atoms with E-state index in [1.807, 2.05) is 7.11 Å². The summed E-state index contributed by atoms with van der Waals surface area (Å²) in [7, 11) is 1.92. The quantitative estimate of drug-likeness (QED) is 0.839. The van der Waals surface area contributed by atoms with E-state index in [2.05, 4.69) is 12.2 Å². The van der Waals surface area contributed by atoms with Crippen LogP contribution in [0, 0.1) is 5.92 Å². The van der Waals surface area contributed by atoms with Crippen molar-refractivity contribution in [3.63, 3.8) is 0 Å². The van der Waals surface area contributed by atoms with Crippen molar-refractivity contribution in [3.8, 4) is 0 Å². The van der Waals surface area contributed by atoms with Gasteiger partial charge in [0.05, 0.1) is 11.2 Å². The fraction of sp³-hybridized carbons (Fsp3) is 1.00. The van der Waals surface area contributed by atoms with Crippen molar-refractivity contribution in [2.24, 2.45) is 5.92 Å². The molecule has 20 heavy (non-hydrogen) atoms. The maximum Gasteiger partial charge on any atom is 0.0833 e. The summed E-state index contributed by atoms with van der Waals surface area (Å²) in [4.78, 5) is 0. The molecule has 116 valence electrons. The van der Waals surface area contributed by atoms with Gasteiger partial charge < -0.3 is 14.8 Å². The first-order valence-electron chi connectivity index (χ1n) is 8.66. The van der Waals surface area contributed by atoms with Crippen LogP contribution in [0.5, 0.6) is 0 Å². The van der Waals surface area contributed by atoms with E-state index < -0.39 is 0 Å². The van der Waals surface area contributed by atoms with Gasteiger partial charge in [0, 0.05) is 19.8 Å². The van der Waals surface area contributed by atoms with Gasteiger partial charge >= 0.3 is 0 Å². The average Bonchev–Trinajstić information content (AvgIpc) is 2.93. The molecule has 3 aliphatic rings. The van der Waals surface area contributed by atoms with E-state index in [1.54, 1.807) is 0 Å². The van der Waals surface area contributed by atoms with Crippen molar-refractivity contribution in [2.75, 3.05) is 20.3 Å². The largest absolute Gasteiger partial charge is 0.377 e. The van der Waals surface area contributed by atoms with Crippen molar-refractivity contribution in [1.82, 2.24) is 5.32 Å². The summed E-state index contributed by atoms with van der Waals surface area (Å²) >= 11 is 0. The van der Waals surface area contributed by atoms with E-state index >= 15 is 0 Å². The molecule has 3 fully saturated rings. The van der Waals surface area contributed by atoms with Crippen molar-refractivity contribution in [3.05, 3.63) is 0 Å². The van der Waals surface area contributed by atoms with Gasteiger partial charge in [-0.2, -0.15) is 0 Å². The Morgan fingerprint density at radius 3 is 2.50 bits per heavy atom. The first-order valence-corrected chi connectivity index (χ1v) is 8.66. The van der Waals surface area contributed by atoms with Gasteiger partial charge in [0.1, 0.15) is 0 Å². The van der Waals surface area contributed by atoms with Gasteiger partial charge in [-0.15, -0.1) is 0 Å². The first kappa shape index (κ1) is 14.8. The second-order valence-electron chi connectivity index (χ2n) is 7.15. The third kappa shape index (κ3) is 2.53. The highest BCUT2D eigenvalue weighted by Gasteiger charge is 2.50. The summed E-state index contributed by atoms with van der Waals surface area (Å²) in [6, 6.07) is 0.515. The number of methoxy groups -OCH3 is 1. The van der Waals surface area contributed by atoms with Crippen LogP contribution >= 0.6 is 0 Å². The van der Waals surface area contributed by atoms with Gasteiger partial charge in [0.25, 0.3) is 0 Å². The Morgan fingerprint density at radius 2 is 1.95 bits per heavy atom. The molecule has 2 aliphatic carbocycles. The summed E-state index contributed by atoms with van der Waals surface area (Å²) in [5.41, 5.74) is 0.326. The van der Waals surface area contributed by atoms with E-state index in [4.69, 9.17) is 9.47 Å². The first-order chi connectivity index (χ1) is 9.74. The number of ether oxygens (including phenoxy) is 2. The monoisotopic (exact) mass is 281 g/mol. The summed E-state index contributed by atoms with van der Waals surface area (Å²) < 4.78 is 12.2. The predicted octanol–water partition coefficient (Wildman–Crippen LogP) is 3.27. The molecular weight excluding hydrogens is 250 g/mol. The number of rotatable bonds is 5. The third-order valence-electron chi connectivity index (χ3n) is 6.11. The minimum absolute atomic E-state index is 0.0863. The molecule has 2 saturated carbocycles. The van der Waals surface area contributed by atoms with E-state index in [1.165, 1.54) is 57.8 Å². The molecule has 0 amide bonds. The van der Waals surface area contributed by atoms with Gasteiger partial charge in [-0.25, -0.2) is 0 Å². The van der Waals surface area contributed by atoms with Crippen molar-refractivity contribution >= 4 is 0 Å². The lowest BCUT2D eigenvalue weighted by molar-refractivity contribution is -0.160. The van der Waals surface area contributed by atoms with Crippen LogP contribution in [0.15, 0.2) is 0 Å². The second-order valence-corrected chi connectivity index (χ2v) is 7.15. The predicted molar refractivity (Wildman–Crippen MR) is 80.9 cm³/mol. The second kappa shape index (κ2) is 5.94. The SMILES string of the molecule is CCNC(C1CCOC2(CCC2)C1)C1(OC)CCCC1. The van der Waals surface area contributed by atoms with E-state index in [9.17, 15) is 0 Å². The molecule has 0 radical (unpaired) electrons. The van der Waals surface area contributed by atoms with Crippen molar-refractivity contribution in [2.45, 2.75) is 82.0 Å². The van der Waals surface area contributed by atoms with Crippen LogP contribution in [0.3, 0.4) is 0 Å². The molecule has 0 bridgehead atoms. The molecule has 2 unspecified atom stereocenters. The molecule has 1 spiro atoms. The fourth-order valence-electron chi connectivity index (χ4n) is 4.89. The van der Waals surface area contributed by atoms with Crippen LogP contribution in [0.25, 0.3) is 0 Å². The maximum atomic E-state index is 6.12. The highest BCUT2D eigenvalue weighted by atomic mass is 16.5. The van der Waals surface area contributed by atoms with Gasteiger partial charge in [-0.05, 0) is 57.4 Å². The summed E-state index contributed by atoms with van der Waals surface area (Å²) in [5, 5.41) is 3.79. The molecule has 3 nitrogen and oxygen atoms in total. The molecule has 0 aromatic heterocycles. The lowest BCUT2D eigenvalue weighted by atomic mass is 9.68. The van der Waals surface area contributed by atoms with Gasteiger partial charge in [-0.1, -0.05) is 19.8 Å². The normalized spacial score (nSPS) is 33.0. The van der Waals surface area contributed by atoms with Crippen molar-refractivity contribution in [1.29, 1.82) is 0 Å². The van der Waals surface area contributed by atoms with E-state index in [0.717, 1.165) is 19.1 Å². The Morgan fingerprint density at radius 1 is 1.20 bits per heavy atom. The number of likely N-dealkylation sites (N-methyl/N-ethyl adjacent to an activating group) is 1. The smallest absolute Gasteiger partial charge is 0.0833 e. The van der Waals surface area contributed by atoms with Crippen molar-refractivity contribution < 1.29 is 9.47 Å².